The Morgan fingerprint density at radius 2 is 1.95 bits per heavy atom. The van der Waals surface area contributed by atoms with E-state index in [1.165, 1.54) is 0 Å². The van der Waals surface area contributed by atoms with Crippen LogP contribution in [0.25, 0.3) is 5.57 Å². The largest absolute Gasteiger partial charge is 0.497 e. The Balaban J connectivity index is 2.07. The second-order valence-electron chi connectivity index (χ2n) is 4.48. The van der Waals surface area contributed by atoms with E-state index in [0.29, 0.717) is 12.2 Å². The molecule has 0 aliphatic carbocycles. The van der Waals surface area contributed by atoms with Crippen molar-refractivity contribution in [3.05, 3.63) is 65.2 Å². The van der Waals surface area contributed by atoms with Crippen molar-refractivity contribution in [2.24, 2.45) is 0 Å². The zero-order chi connectivity index (χ0) is 13.9. The molecular formula is C17H13NO2. The molecule has 98 valence electrons. The first-order valence-corrected chi connectivity index (χ1v) is 6.34. The minimum Gasteiger partial charge on any atom is -0.497 e. The third-order valence-electron chi connectivity index (χ3n) is 3.33. The van der Waals surface area contributed by atoms with E-state index in [1.54, 1.807) is 13.2 Å². The molecule has 0 N–H and O–H groups in total. The number of rotatable bonds is 2. The zero-order valence-corrected chi connectivity index (χ0v) is 11.1. The smallest absolute Gasteiger partial charge is 0.127 e. The second-order valence-corrected chi connectivity index (χ2v) is 4.48. The van der Waals surface area contributed by atoms with Crippen LogP contribution in [0, 0.1) is 11.3 Å². The first-order chi connectivity index (χ1) is 9.81. The lowest BCUT2D eigenvalue weighted by atomic mass is 9.94. The maximum absolute atomic E-state index is 9.04. The van der Waals surface area contributed by atoms with E-state index in [2.05, 4.69) is 6.07 Å². The second kappa shape index (κ2) is 5.10. The summed E-state index contributed by atoms with van der Waals surface area (Å²) in [7, 11) is 1.65. The van der Waals surface area contributed by atoms with Gasteiger partial charge in [-0.3, -0.25) is 0 Å². The van der Waals surface area contributed by atoms with Crippen LogP contribution in [-0.4, -0.2) is 13.7 Å². The predicted molar refractivity (Wildman–Crippen MR) is 76.7 cm³/mol. The molecule has 0 unspecified atom stereocenters. The van der Waals surface area contributed by atoms with Gasteiger partial charge in [-0.1, -0.05) is 12.1 Å². The van der Waals surface area contributed by atoms with Crippen molar-refractivity contribution in [1.29, 1.82) is 5.26 Å². The number of nitriles is 1. The number of nitrogens with zero attached hydrogens (tertiary/aromatic N) is 1. The first-order valence-electron chi connectivity index (χ1n) is 6.34. The zero-order valence-electron chi connectivity index (χ0n) is 11.1. The van der Waals surface area contributed by atoms with Crippen molar-refractivity contribution in [2.45, 2.75) is 0 Å². The summed E-state index contributed by atoms with van der Waals surface area (Å²) < 4.78 is 10.8. The van der Waals surface area contributed by atoms with Gasteiger partial charge in [-0.05, 0) is 47.5 Å². The van der Waals surface area contributed by atoms with E-state index in [0.717, 1.165) is 28.2 Å². The van der Waals surface area contributed by atoms with Crippen LogP contribution < -0.4 is 9.47 Å². The highest BCUT2D eigenvalue weighted by Crippen LogP contribution is 2.35. The molecule has 0 amide bonds. The van der Waals surface area contributed by atoms with Crippen molar-refractivity contribution in [3.63, 3.8) is 0 Å². The van der Waals surface area contributed by atoms with Gasteiger partial charge >= 0.3 is 0 Å². The molecule has 3 nitrogen and oxygen atoms in total. The molecule has 1 heterocycles. The molecule has 3 rings (SSSR count). The number of fused-ring (bicyclic) bond motifs is 1. The lowest BCUT2D eigenvalue weighted by molar-refractivity contribution is 0.357. The van der Waals surface area contributed by atoms with Gasteiger partial charge in [0, 0.05) is 5.56 Å². The van der Waals surface area contributed by atoms with Gasteiger partial charge in [0.05, 0.1) is 18.7 Å². The molecule has 0 radical (unpaired) electrons. The molecule has 0 aromatic heterocycles. The highest BCUT2D eigenvalue weighted by atomic mass is 16.5. The molecule has 3 heteroatoms. The summed E-state index contributed by atoms with van der Waals surface area (Å²) in [5, 5.41) is 9.04. The van der Waals surface area contributed by atoms with Crippen molar-refractivity contribution in [2.75, 3.05) is 13.7 Å². The number of benzene rings is 2. The number of hydrogen-bond donors (Lipinski definition) is 0. The predicted octanol–water partition coefficient (Wildman–Crippen LogP) is 3.39. The third kappa shape index (κ3) is 2.12. The molecule has 0 saturated carbocycles. The minimum atomic E-state index is 0.542. The summed E-state index contributed by atoms with van der Waals surface area (Å²) in [6, 6.07) is 15.5. The van der Waals surface area contributed by atoms with Crippen LogP contribution in [-0.2, 0) is 0 Å². The van der Waals surface area contributed by atoms with Crippen molar-refractivity contribution in [1.82, 2.24) is 0 Å². The molecule has 1 aliphatic rings. The highest BCUT2D eigenvalue weighted by molar-refractivity contribution is 5.84. The van der Waals surface area contributed by atoms with Gasteiger partial charge in [-0.25, -0.2) is 0 Å². The van der Waals surface area contributed by atoms with Crippen molar-refractivity contribution >= 4 is 5.57 Å². The first kappa shape index (κ1) is 12.3. The van der Waals surface area contributed by atoms with E-state index in [1.807, 2.05) is 42.5 Å². The fourth-order valence-electron chi connectivity index (χ4n) is 2.30. The monoisotopic (exact) mass is 263 g/mol. The molecule has 1 aliphatic heterocycles. The minimum absolute atomic E-state index is 0.542. The number of hydrogen-bond acceptors (Lipinski definition) is 3. The molecule has 0 spiro atoms. The maximum atomic E-state index is 9.04. The molecule has 20 heavy (non-hydrogen) atoms. The lowest BCUT2D eigenvalue weighted by Gasteiger charge is -2.19. The molecule has 0 saturated heterocycles. The fraction of sp³-hybridized carbons (Fsp3) is 0.118. The van der Waals surface area contributed by atoms with Crippen LogP contribution in [0.4, 0.5) is 0 Å². The van der Waals surface area contributed by atoms with Gasteiger partial charge in [-0.15, -0.1) is 0 Å². The van der Waals surface area contributed by atoms with Crippen LogP contribution >= 0.6 is 0 Å². The average molecular weight is 263 g/mol. The van der Waals surface area contributed by atoms with E-state index in [4.69, 9.17) is 14.7 Å². The normalized spacial score (nSPS) is 12.7. The average Bonchev–Trinajstić information content (AvgIpc) is 2.54. The quantitative estimate of drug-likeness (QED) is 0.834. The lowest BCUT2D eigenvalue weighted by Crippen LogP contribution is -2.05. The van der Waals surface area contributed by atoms with E-state index in [-0.39, 0.29) is 0 Å². The van der Waals surface area contributed by atoms with Crippen molar-refractivity contribution in [3.8, 4) is 17.6 Å². The van der Waals surface area contributed by atoms with E-state index < -0.39 is 0 Å². The summed E-state index contributed by atoms with van der Waals surface area (Å²) in [5.74, 6) is 1.64. The Morgan fingerprint density at radius 1 is 1.15 bits per heavy atom. The van der Waals surface area contributed by atoms with Gasteiger partial charge in [0.1, 0.15) is 18.1 Å². The standard InChI is InChI=1S/C17H13NO2/c1-19-14-5-3-13(4-6-14)15-8-9-20-17-7-2-12(11-18)10-16(15)17/h2-8,10H,9H2,1H3. The van der Waals surface area contributed by atoms with Crippen molar-refractivity contribution < 1.29 is 9.47 Å². The topological polar surface area (TPSA) is 42.2 Å². The van der Waals surface area contributed by atoms with Gasteiger partial charge in [-0.2, -0.15) is 5.26 Å². The molecule has 2 aromatic rings. The van der Waals surface area contributed by atoms with E-state index >= 15 is 0 Å². The Labute approximate surface area is 117 Å². The summed E-state index contributed by atoms with van der Waals surface area (Å²) in [4.78, 5) is 0. The van der Waals surface area contributed by atoms with Crippen LogP contribution in [0.3, 0.4) is 0 Å². The molecule has 0 fully saturated rings. The summed E-state index contributed by atoms with van der Waals surface area (Å²) in [5.41, 5.74) is 3.77. The Hall–Kier alpha value is -2.73. The Bertz CT molecular complexity index is 709. The Morgan fingerprint density at radius 3 is 2.65 bits per heavy atom. The van der Waals surface area contributed by atoms with E-state index in [9.17, 15) is 0 Å². The van der Waals surface area contributed by atoms with Crippen LogP contribution in [0.1, 0.15) is 16.7 Å². The van der Waals surface area contributed by atoms with Gasteiger partial charge in [0.2, 0.25) is 0 Å². The van der Waals surface area contributed by atoms with Gasteiger partial charge in [0.25, 0.3) is 0 Å². The SMILES string of the molecule is COc1ccc(C2=CCOc3ccc(C#N)cc32)cc1. The molecule has 0 bridgehead atoms. The summed E-state index contributed by atoms with van der Waals surface area (Å²) >= 11 is 0. The summed E-state index contributed by atoms with van der Waals surface area (Å²) in [6.07, 6.45) is 2.03. The van der Waals surface area contributed by atoms with Crippen LogP contribution in [0.15, 0.2) is 48.5 Å². The summed E-state index contributed by atoms with van der Waals surface area (Å²) in [6.45, 7) is 0.542. The molecular weight excluding hydrogens is 250 g/mol. The number of methoxy groups -OCH3 is 1. The number of ether oxygens (including phenoxy) is 2. The van der Waals surface area contributed by atoms with Gasteiger partial charge in [0.15, 0.2) is 0 Å². The fourth-order valence-corrected chi connectivity index (χ4v) is 2.30. The van der Waals surface area contributed by atoms with Crippen LogP contribution in [0.5, 0.6) is 11.5 Å². The van der Waals surface area contributed by atoms with Gasteiger partial charge < -0.3 is 9.47 Å². The highest BCUT2D eigenvalue weighted by Gasteiger charge is 2.16. The molecule has 0 atom stereocenters. The molecule has 2 aromatic carbocycles. The third-order valence-corrected chi connectivity index (χ3v) is 3.33. The Kier molecular flexibility index (Phi) is 3.14. The maximum Gasteiger partial charge on any atom is 0.127 e. The van der Waals surface area contributed by atoms with Crippen LogP contribution in [0.2, 0.25) is 0 Å².